The van der Waals surface area contributed by atoms with Gasteiger partial charge in [-0.15, -0.1) is 83.4 Å². The van der Waals surface area contributed by atoms with Crippen LogP contribution in [0.1, 0.15) is 22.4 Å². The molecule has 9 aromatic rings. The molecule has 6 nitrogen and oxygen atoms in total. The van der Waals surface area contributed by atoms with E-state index in [0.29, 0.717) is 22.3 Å². The summed E-state index contributed by atoms with van der Waals surface area (Å²) in [6.07, 6.45) is 5.43. The van der Waals surface area contributed by atoms with Crippen LogP contribution in [0.3, 0.4) is 0 Å². The Morgan fingerprint density at radius 2 is 1.39 bits per heavy atom. The fraction of sp³-hybridized carbons (Fsp3) is 0.0833. The maximum absolute atomic E-state index is 13.5. The van der Waals surface area contributed by atoms with Crippen LogP contribution in [0.2, 0.25) is 0 Å². The Balaban J connectivity index is 0.000000144. The third-order valence-corrected chi connectivity index (χ3v) is 11.4. The molecule has 0 saturated carbocycles. The Labute approximate surface area is 340 Å². The number of fused-ring (bicyclic) bond motifs is 6. The first-order valence-electron chi connectivity index (χ1n) is 17.9. The van der Waals surface area contributed by atoms with Crippen LogP contribution in [0.15, 0.2) is 150 Å². The molecule has 0 spiro atoms. The van der Waals surface area contributed by atoms with Crippen molar-refractivity contribution in [3.63, 3.8) is 0 Å². The predicted molar refractivity (Wildman–Crippen MR) is 220 cm³/mol. The summed E-state index contributed by atoms with van der Waals surface area (Å²) in [5, 5.41) is 5.61. The average molecular weight is 924 g/mol. The van der Waals surface area contributed by atoms with Gasteiger partial charge in [0.05, 0.1) is 9.92 Å². The molecule has 0 radical (unpaired) electrons. The van der Waals surface area contributed by atoms with Crippen LogP contribution in [0.25, 0.3) is 66.1 Å². The fourth-order valence-corrected chi connectivity index (χ4v) is 8.33. The van der Waals surface area contributed by atoms with E-state index in [9.17, 15) is 8.42 Å². The molecule has 0 bridgehead atoms. The van der Waals surface area contributed by atoms with Crippen molar-refractivity contribution in [2.75, 3.05) is 0 Å². The number of nitrogens with zero attached hydrogens (tertiary/aromatic N) is 4. The topological polar surface area (TPSA) is 85.7 Å². The van der Waals surface area contributed by atoms with Crippen LogP contribution in [0.4, 0.5) is 0 Å². The molecule has 1 aliphatic rings. The van der Waals surface area contributed by atoms with Gasteiger partial charge in [-0.05, 0) is 92.7 Å². The first-order chi connectivity index (χ1) is 26.7. The molecule has 0 fully saturated rings. The van der Waals surface area contributed by atoms with Gasteiger partial charge in [-0.25, -0.2) is 8.42 Å². The third-order valence-electron chi connectivity index (χ3n) is 9.70. The van der Waals surface area contributed by atoms with Gasteiger partial charge in [-0.3, -0.25) is 0 Å². The van der Waals surface area contributed by atoms with E-state index < -0.39 is 9.84 Å². The number of aryl methyl sites for hydroxylation is 4. The van der Waals surface area contributed by atoms with E-state index in [0.717, 1.165) is 49.4 Å². The molecule has 5 aromatic carbocycles. The summed E-state index contributed by atoms with van der Waals surface area (Å²) in [5.74, 6) is 0. The fourth-order valence-electron chi connectivity index (χ4n) is 6.69. The summed E-state index contributed by atoms with van der Waals surface area (Å²) in [7, 11) is -3.77. The maximum Gasteiger partial charge on any atom is 3.00 e. The van der Waals surface area contributed by atoms with Gasteiger partial charge in [-0.2, -0.15) is 0 Å². The van der Waals surface area contributed by atoms with Gasteiger partial charge in [0.1, 0.15) is 0 Å². The zero-order valence-electron chi connectivity index (χ0n) is 31.1. The van der Waals surface area contributed by atoms with E-state index in [2.05, 4.69) is 89.2 Å². The van der Waals surface area contributed by atoms with Crippen LogP contribution in [0.5, 0.6) is 0 Å². The summed E-state index contributed by atoms with van der Waals surface area (Å²) < 4.78 is 27.0. The van der Waals surface area contributed by atoms with Gasteiger partial charge in [0, 0.05) is 18.6 Å². The molecule has 0 aliphatic carbocycles. The summed E-state index contributed by atoms with van der Waals surface area (Å²) in [6, 6.07) is 48.9. The smallest absolute Gasteiger partial charge is 0.337 e. The van der Waals surface area contributed by atoms with Crippen molar-refractivity contribution in [1.29, 1.82) is 0 Å². The van der Waals surface area contributed by atoms with E-state index in [1.807, 2.05) is 85.1 Å². The van der Waals surface area contributed by atoms with Crippen molar-refractivity contribution >= 4 is 42.2 Å². The van der Waals surface area contributed by atoms with Crippen molar-refractivity contribution in [3.05, 3.63) is 181 Å². The number of sulfone groups is 1. The number of pyridine rings is 4. The molecule has 0 N–H and O–H groups in total. The Bertz CT molecular complexity index is 2940. The first-order valence-corrected chi connectivity index (χ1v) is 19.4. The van der Waals surface area contributed by atoms with Gasteiger partial charge < -0.3 is 19.9 Å². The quantitative estimate of drug-likeness (QED) is 0.127. The molecule has 10 rings (SSSR count). The van der Waals surface area contributed by atoms with Gasteiger partial charge >= 0.3 is 20.1 Å². The largest absolute Gasteiger partial charge is 3.00 e. The minimum atomic E-state index is -3.77. The summed E-state index contributed by atoms with van der Waals surface area (Å²) in [4.78, 5) is 17.7. The number of benzene rings is 5. The number of hydrogen-bond donors (Lipinski definition) is 0. The zero-order chi connectivity index (χ0) is 38.1. The van der Waals surface area contributed by atoms with E-state index in [1.54, 1.807) is 31.5 Å². The van der Waals surface area contributed by atoms with Crippen LogP contribution < -0.4 is 0 Å². The molecule has 1 aliphatic heterocycles. The number of aromatic nitrogens is 4. The molecular formula is C48H35IrN4O2S. The van der Waals surface area contributed by atoms with Crippen LogP contribution in [-0.2, 0) is 29.9 Å². The normalized spacial score (nSPS) is 12.1. The molecule has 5 heterocycles. The Kier molecular flexibility index (Phi) is 11.0. The summed E-state index contributed by atoms with van der Waals surface area (Å²) in [6.45, 7) is 8.01. The predicted octanol–water partition coefficient (Wildman–Crippen LogP) is 10.9. The van der Waals surface area contributed by atoms with Crippen molar-refractivity contribution in [3.8, 4) is 33.8 Å². The molecule has 4 aromatic heterocycles. The molecule has 56 heavy (non-hydrogen) atoms. The van der Waals surface area contributed by atoms with Gasteiger partial charge in [0.25, 0.3) is 0 Å². The van der Waals surface area contributed by atoms with E-state index >= 15 is 0 Å². The monoisotopic (exact) mass is 924 g/mol. The van der Waals surface area contributed by atoms with Crippen molar-refractivity contribution in [2.45, 2.75) is 37.6 Å². The molecule has 0 amide bonds. The molecule has 274 valence electrons. The van der Waals surface area contributed by atoms with Crippen LogP contribution in [0, 0.1) is 45.9 Å². The van der Waals surface area contributed by atoms with Crippen molar-refractivity contribution < 1.29 is 28.5 Å². The van der Waals surface area contributed by atoms with Crippen LogP contribution in [-0.4, -0.2) is 28.4 Å². The minimum Gasteiger partial charge on any atom is -0.337 e. The van der Waals surface area contributed by atoms with E-state index in [-0.39, 0.29) is 30.0 Å². The Morgan fingerprint density at radius 1 is 0.589 bits per heavy atom. The van der Waals surface area contributed by atoms with Gasteiger partial charge in [0.15, 0.2) is 9.84 Å². The molecule has 0 atom stereocenters. The van der Waals surface area contributed by atoms with E-state index in [1.165, 1.54) is 16.7 Å². The Hall–Kier alpha value is -5.92. The average Bonchev–Trinajstić information content (AvgIpc) is 3.22. The van der Waals surface area contributed by atoms with Gasteiger partial charge in [0.2, 0.25) is 0 Å². The third kappa shape index (κ3) is 7.39. The second kappa shape index (κ2) is 16.0. The summed E-state index contributed by atoms with van der Waals surface area (Å²) in [5.41, 5.74) is 9.48. The number of hydrogen-bond acceptors (Lipinski definition) is 6. The zero-order valence-corrected chi connectivity index (χ0v) is 34.3. The number of rotatable bonds is 2. The van der Waals surface area contributed by atoms with Crippen molar-refractivity contribution in [1.82, 2.24) is 19.9 Å². The second-order valence-electron chi connectivity index (χ2n) is 13.5. The second-order valence-corrected chi connectivity index (χ2v) is 15.3. The molecule has 0 unspecified atom stereocenters. The standard InChI is InChI=1S/C23H13N2O2S.C14H14N.C11H8N.Ir/c1-13-6-8-18-22-21-17(10-11-24-22)16-9-7-14-4-2-3-5-15(14)19(16)12-20(21)28(26,27)23(18)25-13;1-10-4-6-13(7-5-10)14-8-11(2)12(3)9-15-14;1-2-6-10(7-3-1)11-8-4-5-9-12-11;/h2-7,9-12H,1H3;4-6,8-9H,1-3H3;1-6,8-9H;/q3*-1;+3. The minimum absolute atomic E-state index is 0. The van der Waals surface area contributed by atoms with Crippen LogP contribution >= 0.6 is 0 Å². The maximum atomic E-state index is 13.5. The molecule has 8 heteroatoms. The Morgan fingerprint density at radius 3 is 2.14 bits per heavy atom. The molecular weight excluding hydrogens is 889 g/mol. The first kappa shape index (κ1) is 38.4. The van der Waals surface area contributed by atoms with E-state index in [4.69, 9.17) is 0 Å². The van der Waals surface area contributed by atoms with Gasteiger partial charge in [-0.1, -0.05) is 79.6 Å². The van der Waals surface area contributed by atoms with Crippen molar-refractivity contribution in [2.24, 2.45) is 0 Å². The SMILES string of the molecule is Cc1c[c-]c(-c2cc(C)c(C)cn2)cc1.Cc1c[c-]c2c(n1)S(=O)(=O)c1cc3c4ccccc4ccc3c3ccnc-2c13.[Ir+3].[c-]1ccccc1-c1ccccn1. The molecule has 0 saturated heterocycles. The summed E-state index contributed by atoms with van der Waals surface area (Å²) >= 11 is 0.